The number of hydrogen-bond donors (Lipinski definition) is 3. The Labute approximate surface area is 179 Å². The molecule has 0 fully saturated rings. The van der Waals surface area contributed by atoms with Gasteiger partial charge < -0.3 is 10.6 Å². The lowest BCUT2D eigenvalue weighted by molar-refractivity contribution is 0.0914. The van der Waals surface area contributed by atoms with E-state index in [0.29, 0.717) is 11.1 Å². The van der Waals surface area contributed by atoms with E-state index in [1.165, 1.54) is 20.0 Å². The van der Waals surface area contributed by atoms with Crippen molar-refractivity contribution in [1.82, 2.24) is 20.8 Å². The normalized spacial score (nSPS) is 10.4. The van der Waals surface area contributed by atoms with Crippen LogP contribution in [0.3, 0.4) is 0 Å². The Morgan fingerprint density at radius 1 is 0.806 bits per heavy atom. The molecule has 3 rings (SSSR count). The highest BCUT2D eigenvalue weighted by Gasteiger charge is 2.19. The van der Waals surface area contributed by atoms with Crippen LogP contribution in [0.15, 0.2) is 54.7 Å². The maximum Gasteiger partial charge on any atom is 0.270 e. The highest BCUT2D eigenvalue weighted by Crippen LogP contribution is 2.10. The summed E-state index contributed by atoms with van der Waals surface area (Å²) in [7, 11) is 0. The van der Waals surface area contributed by atoms with E-state index in [1.807, 2.05) is 0 Å². The van der Waals surface area contributed by atoms with Gasteiger partial charge in [0.2, 0.25) is 0 Å². The molecule has 0 aliphatic heterocycles. The van der Waals surface area contributed by atoms with Gasteiger partial charge in [-0.05, 0) is 37.1 Å². The van der Waals surface area contributed by atoms with Crippen molar-refractivity contribution in [2.24, 2.45) is 0 Å². The number of nitrogens with one attached hydrogen (secondary N) is 3. The first-order chi connectivity index (χ1) is 14.8. The van der Waals surface area contributed by atoms with Gasteiger partial charge in [-0.2, -0.15) is 5.10 Å². The summed E-state index contributed by atoms with van der Waals surface area (Å²) in [6, 6.07) is 13.9. The van der Waals surface area contributed by atoms with Crippen molar-refractivity contribution in [1.29, 1.82) is 0 Å². The maximum absolute atomic E-state index is 12.6. The van der Waals surface area contributed by atoms with E-state index in [1.54, 1.807) is 48.5 Å². The van der Waals surface area contributed by atoms with Crippen LogP contribution in [0.1, 0.15) is 66.5 Å². The molecular formula is C23H22N4O4. The summed E-state index contributed by atoms with van der Waals surface area (Å²) in [5.74, 6) is -1.08. The molecule has 1 heterocycles. The Morgan fingerprint density at radius 3 is 1.84 bits per heavy atom. The highest BCUT2D eigenvalue weighted by atomic mass is 16.2. The van der Waals surface area contributed by atoms with E-state index in [9.17, 15) is 19.2 Å². The molecule has 0 aliphatic rings. The van der Waals surface area contributed by atoms with Gasteiger partial charge >= 0.3 is 0 Å². The maximum atomic E-state index is 12.6. The van der Waals surface area contributed by atoms with Crippen molar-refractivity contribution < 1.29 is 19.2 Å². The van der Waals surface area contributed by atoms with Crippen molar-refractivity contribution in [2.75, 3.05) is 0 Å². The smallest absolute Gasteiger partial charge is 0.270 e. The minimum atomic E-state index is -0.491. The molecule has 3 N–H and O–H groups in total. The molecule has 1 aromatic heterocycles. The van der Waals surface area contributed by atoms with Gasteiger partial charge in [-0.3, -0.25) is 24.3 Å². The van der Waals surface area contributed by atoms with Gasteiger partial charge in [0.25, 0.3) is 11.8 Å². The Balaban J connectivity index is 1.63. The number of amides is 2. The molecular weight excluding hydrogens is 396 g/mol. The molecule has 0 atom stereocenters. The molecule has 0 saturated carbocycles. The second kappa shape index (κ2) is 9.62. The predicted octanol–water partition coefficient (Wildman–Crippen LogP) is 2.67. The van der Waals surface area contributed by atoms with Gasteiger partial charge in [0.05, 0.1) is 11.8 Å². The molecule has 31 heavy (non-hydrogen) atoms. The van der Waals surface area contributed by atoms with Gasteiger partial charge in [0.1, 0.15) is 5.69 Å². The minimum Gasteiger partial charge on any atom is -0.348 e. The van der Waals surface area contributed by atoms with Crippen LogP contribution in [-0.2, 0) is 13.1 Å². The molecule has 158 valence electrons. The molecule has 8 nitrogen and oxygen atoms in total. The number of H-pyrrole nitrogens is 1. The van der Waals surface area contributed by atoms with Crippen molar-refractivity contribution in [3.8, 4) is 0 Å². The summed E-state index contributed by atoms with van der Waals surface area (Å²) in [6.45, 7) is 3.34. The van der Waals surface area contributed by atoms with E-state index < -0.39 is 11.8 Å². The van der Waals surface area contributed by atoms with Crippen LogP contribution >= 0.6 is 0 Å². The number of carbonyl (C=O) groups excluding carboxylic acids is 4. The van der Waals surface area contributed by atoms with Crippen molar-refractivity contribution in [3.05, 3.63) is 88.2 Å². The van der Waals surface area contributed by atoms with Crippen LogP contribution in [0.4, 0.5) is 0 Å². The van der Waals surface area contributed by atoms with Crippen LogP contribution in [0.25, 0.3) is 0 Å². The third kappa shape index (κ3) is 5.51. The highest BCUT2D eigenvalue weighted by molar-refractivity contribution is 6.05. The lowest BCUT2D eigenvalue weighted by Gasteiger charge is -2.08. The quantitative estimate of drug-likeness (QED) is 0.486. The molecule has 2 aromatic carbocycles. The van der Waals surface area contributed by atoms with Crippen LogP contribution in [0, 0.1) is 0 Å². The number of aromatic amines is 1. The van der Waals surface area contributed by atoms with Crippen LogP contribution in [0.5, 0.6) is 0 Å². The Morgan fingerprint density at radius 2 is 1.32 bits per heavy atom. The number of Topliss-reactive ketones (excluding diaryl/α,β-unsaturated/α-hetero) is 2. The predicted molar refractivity (Wildman–Crippen MR) is 114 cm³/mol. The fourth-order valence-corrected chi connectivity index (χ4v) is 2.98. The lowest BCUT2D eigenvalue weighted by atomic mass is 10.1. The molecule has 8 heteroatoms. The van der Waals surface area contributed by atoms with E-state index in [4.69, 9.17) is 0 Å². The SMILES string of the molecule is CC(=O)c1cccc(CNC(=O)c2cn[nH]c2C(=O)NCc2cccc(C(C)=O)c2)c1. The van der Waals surface area contributed by atoms with Gasteiger partial charge in [0.15, 0.2) is 11.6 Å². The minimum absolute atomic E-state index is 0.0395. The molecule has 0 spiro atoms. The van der Waals surface area contributed by atoms with E-state index in [-0.39, 0.29) is 35.9 Å². The van der Waals surface area contributed by atoms with Crippen LogP contribution in [-0.4, -0.2) is 33.6 Å². The zero-order chi connectivity index (χ0) is 22.4. The lowest BCUT2D eigenvalue weighted by Crippen LogP contribution is -2.28. The molecule has 0 radical (unpaired) electrons. The second-order valence-corrected chi connectivity index (χ2v) is 7.04. The van der Waals surface area contributed by atoms with Crippen LogP contribution < -0.4 is 10.6 Å². The molecule has 3 aromatic rings. The number of benzene rings is 2. The summed E-state index contributed by atoms with van der Waals surface area (Å²) in [4.78, 5) is 48.1. The summed E-state index contributed by atoms with van der Waals surface area (Å²) < 4.78 is 0. The molecule has 0 saturated heterocycles. The summed E-state index contributed by atoms with van der Waals surface area (Å²) in [5.41, 5.74) is 2.79. The van der Waals surface area contributed by atoms with Gasteiger partial charge in [0, 0.05) is 24.2 Å². The number of hydrogen-bond acceptors (Lipinski definition) is 5. The van der Waals surface area contributed by atoms with Gasteiger partial charge in [-0.1, -0.05) is 36.4 Å². The number of carbonyl (C=O) groups is 4. The molecule has 2 amide bonds. The van der Waals surface area contributed by atoms with Crippen molar-refractivity contribution in [2.45, 2.75) is 26.9 Å². The molecule has 0 aliphatic carbocycles. The number of aromatic nitrogens is 2. The topological polar surface area (TPSA) is 121 Å². The summed E-state index contributed by atoms with van der Waals surface area (Å²) in [6.07, 6.45) is 1.28. The van der Waals surface area contributed by atoms with Gasteiger partial charge in [-0.15, -0.1) is 0 Å². The zero-order valence-corrected chi connectivity index (χ0v) is 17.2. The third-order valence-electron chi connectivity index (χ3n) is 4.68. The molecule has 0 bridgehead atoms. The van der Waals surface area contributed by atoms with Crippen LogP contribution in [0.2, 0.25) is 0 Å². The first-order valence-corrected chi connectivity index (χ1v) is 9.64. The van der Waals surface area contributed by atoms with Crippen molar-refractivity contribution in [3.63, 3.8) is 0 Å². The first kappa shape index (κ1) is 21.6. The number of nitrogens with zero attached hydrogens (tertiary/aromatic N) is 1. The standard InChI is InChI=1S/C23H22N4O4/c1-14(28)18-7-3-5-16(9-18)11-24-22(30)20-13-26-27-21(20)23(31)25-12-17-6-4-8-19(10-17)15(2)29/h3-10,13H,11-12H2,1-2H3,(H,24,30)(H,25,31)(H,26,27). The zero-order valence-electron chi connectivity index (χ0n) is 17.2. The second-order valence-electron chi connectivity index (χ2n) is 7.04. The average Bonchev–Trinajstić information content (AvgIpc) is 3.26. The van der Waals surface area contributed by atoms with E-state index >= 15 is 0 Å². The van der Waals surface area contributed by atoms with E-state index in [2.05, 4.69) is 20.8 Å². The van der Waals surface area contributed by atoms with Gasteiger partial charge in [-0.25, -0.2) is 0 Å². The average molecular weight is 418 g/mol. The number of rotatable bonds is 8. The summed E-state index contributed by atoms with van der Waals surface area (Å²) in [5, 5.41) is 11.8. The molecule has 0 unspecified atom stereocenters. The monoisotopic (exact) mass is 418 g/mol. The largest absolute Gasteiger partial charge is 0.348 e. The van der Waals surface area contributed by atoms with Crippen molar-refractivity contribution >= 4 is 23.4 Å². The van der Waals surface area contributed by atoms with E-state index in [0.717, 1.165) is 11.1 Å². The number of ketones is 2. The Kier molecular flexibility index (Phi) is 6.71. The fourth-order valence-electron chi connectivity index (χ4n) is 2.98. The fraction of sp³-hybridized carbons (Fsp3) is 0.174. The summed E-state index contributed by atoms with van der Waals surface area (Å²) >= 11 is 0. The Bertz CT molecular complexity index is 1060. The Hall–Kier alpha value is -4.07. The third-order valence-corrected chi connectivity index (χ3v) is 4.68. The first-order valence-electron chi connectivity index (χ1n) is 9.64.